The smallest absolute Gasteiger partial charge is 0.263 e. The molecule has 0 bridgehead atoms. The summed E-state index contributed by atoms with van der Waals surface area (Å²) in [6.45, 7) is 3.99. The number of hydrogen-bond donors (Lipinski definition) is 2. The fourth-order valence-electron chi connectivity index (χ4n) is 3.81. The maximum atomic E-state index is 12.6. The zero-order valence-corrected chi connectivity index (χ0v) is 18.5. The van der Waals surface area contributed by atoms with Gasteiger partial charge in [-0.05, 0) is 25.8 Å². The van der Waals surface area contributed by atoms with E-state index in [0.29, 0.717) is 39.6 Å². The fourth-order valence-corrected chi connectivity index (χ4v) is 4.51. The van der Waals surface area contributed by atoms with Crippen LogP contribution in [-0.4, -0.2) is 59.1 Å². The molecule has 2 N–H and O–H groups in total. The minimum absolute atomic E-state index is 0.0525. The number of rotatable bonds is 6. The molecule has 1 saturated heterocycles. The predicted molar refractivity (Wildman–Crippen MR) is 118 cm³/mol. The Bertz CT molecular complexity index is 1150. The van der Waals surface area contributed by atoms with Crippen molar-refractivity contribution in [3.63, 3.8) is 0 Å². The number of carbonyl (C=O) groups excluding carboxylic acids is 1. The van der Waals surface area contributed by atoms with Gasteiger partial charge < -0.3 is 19.8 Å². The normalized spacial score (nSPS) is 15.2. The summed E-state index contributed by atoms with van der Waals surface area (Å²) in [5.74, 6) is 1.58. The maximum Gasteiger partial charge on any atom is 0.263 e. The van der Waals surface area contributed by atoms with Crippen LogP contribution in [0.5, 0.6) is 11.5 Å². The van der Waals surface area contributed by atoms with Crippen molar-refractivity contribution < 1.29 is 14.3 Å². The number of piperidine rings is 1. The molecule has 1 aliphatic heterocycles. The molecule has 10 heteroatoms. The van der Waals surface area contributed by atoms with Crippen molar-refractivity contribution in [2.45, 2.75) is 32.4 Å². The highest BCUT2D eigenvalue weighted by atomic mass is 32.1. The summed E-state index contributed by atoms with van der Waals surface area (Å²) in [7, 11) is 3.08. The van der Waals surface area contributed by atoms with E-state index in [1.807, 2.05) is 6.92 Å². The van der Waals surface area contributed by atoms with Crippen molar-refractivity contribution in [3.8, 4) is 11.5 Å². The fraction of sp³-hybridized carbons (Fsp3) is 0.429. The number of aromatic amines is 1. The number of hydrogen-bond acceptors (Lipinski definition) is 8. The summed E-state index contributed by atoms with van der Waals surface area (Å²) >= 11 is 1.36. The average Bonchev–Trinajstić information content (AvgIpc) is 3.20. The van der Waals surface area contributed by atoms with Crippen molar-refractivity contribution in [2.75, 3.05) is 27.3 Å². The van der Waals surface area contributed by atoms with E-state index in [1.54, 1.807) is 24.8 Å². The third-order valence-electron chi connectivity index (χ3n) is 5.51. The Morgan fingerprint density at radius 2 is 1.97 bits per heavy atom. The Kier molecular flexibility index (Phi) is 6.19. The van der Waals surface area contributed by atoms with Crippen molar-refractivity contribution in [3.05, 3.63) is 44.4 Å². The average molecular weight is 444 g/mol. The van der Waals surface area contributed by atoms with E-state index in [9.17, 15) is 9.59 Å². The predicted octanol–water partition coefficient (Wildman–Crippen LogP) is 2.10. The quantitative estimate of drug-likeness (QED) is 0.600. The second kappa shape index (κ2) is 9.03. The second-order valence-corrected chi connectivity index (χ2v) is 8.38. The molecule has 9 nitrogen and oxygen atoms in total. The Labute approximate surface area is 183 Å². The Morgan fingerprint density at radius 3 is 2.61 bits per heavy atom. The van der Waals surface area contributed by atoms with Crippen molar-refractivity contribution in [2.24, 2.45) is 0 Å². The Balaban J connectivity index is 1.40. The van der Waals surface area contributed by atoms with Gasteiger partial charge in [0.15, 0.2) is 11.5 Å². The number of nitrogens with one attached hydrogen (secondary N) is 2. The highest BCUT2D eigenvalue weighted by Gasteiger charge is 2.23. The minimum Gasteiger partial charge on any atom is -0.493 e. The number of aryl methyl sites for hydroxylation is 1. The number of methoxy groups -OCH3 is 2. The molecule has 1 aromatic carbocycles. The lowest BCUT2D eigenvalue weighted by Gasteiger charge is -2.31. The van der Waals surface area contributed by atoms with Crippen LogP contribution >= 0.6 is 11.3 Å². The zero-order valence-electron chi connectivity index (χ0n) is 17.7. The van der Waals surface area contributed by atoms with Gasteiger partial charge in [-0.25, -0.2) is 9.97 Å². The number of nitrogens with zero attached hydrogens (tertiary/aromatic N) is 3. The monoisotopic (exact) mass is 443 g/mol. The van der Waals surface area contributed by atoms with E-state index >= 15 is 0 Å². The zero-order chi connectivity index (χ0) is 22.0. The van der Waals surface area contributed by atoms with E-state index in [0.717, 1.165) is 31.6 Å². The maximum absolute atomic E-state index is 12.6. The van der Waals surface area contributed by atoms with Crippen LogP contribution < -0.4 is 20.3 Å². The van der Waals surface area contributed by atoms with Crippen LogP contribution in [-0.2, 0) is 6.54 Å². The molecular weight excluding hydrogens is 418 g/mol. The van der Waals surface area contributed by atoms with Gasteiger partial charge in [-0.1, -0.05) is 0 Å². The molecule has 0 unspecified atom stereocenters. The van der Waals surface area contributed by atoms with Gasteiger partial charge in [0.25, 0.3) is 11.5 Å². The number of H-pyrrole nitrogens is 1. The summed E-state index contributed by atoms with van der Waals surface area (Å²) in [5.41, 5.74) is 2.82. The topological polar surface area (TPSA) is 109 Å². The van der Waals surface area contributed by atoms with Crippen molar-refractivity contribution in [1.29, 1.82) is 0 Å². The van der Waals surface area contributed by atoms with Gasteiger partial charge in [0.05, 0.1) is 42.9 Å². The van der Waals surface area contributed by atoms with Gasteiger partial charge in [-0.3, -0.25) is 14.5 Å². The first-order valence-corrected chi connectivity index (χ1v) is 10.9. The first-order valence-electron chi connectivity index (χ1n) is 10.1. The lowest BCUT2D eigenvalue weighted by atomic mass is 10.0. The van der Waals surface area contributed by atoms with Gasteiger partial charge in [-0.2, -0.15) is 0 Å². The van der Waals surface area contributed by atoms with Gasteiger partial charge in [0.1, 0.15) is 10.7 Å². The second-order valence-electron chi connectivity index (χ2n) is 7.53. The van der Waals surface area contributed by atoms with E-state index in [1.165, 1.54) is 18.4 Å². The molecule has 3 heterocycles. The Hall–Kier alpha value is -2.98. The number of likely N-dealkylation sites (tertiary alicyclic amines) is 1. The lowest BCUT2D eigenvalue weighted by molar-refractivity contribution is 0.0911. The number of ether oxygens (including phenoxy) is 2. The number of thiazole rings is 1. The molecule has 0 radical (unpaired) electrons. The van der Waals surface area contributed by atoms with E-state index < -0.39 is 0 Å². The summed E-state index contributed by atoms with van der Waals surface area (Å²) in [6.07, 6.45) is 1.68. The molecule has 4 rings (SSSR count). The highest BCUT2D eigenvalue weighted by molar-refractivity contribution is 7.11. The molecule has 1 amide bonds. The summed E-state index contributed by atoms with van der Waals surface area (Å²) in [4.78, 5) is 39.5. The third kappa shape index (κ3) is 4.54. The summed E-state index contributed by atoms with van der Waals surface area (Å²) < 4.78 is 10.6. The molecule has 3 aromatic rings. The minimum atomic E-state index is -0.206. The first-order chi connectivity index (χ1) is 15.0. The standard InChI is InChI=1S/C21H25N5O4S/c1-12-19(31-11-22-12)21(28)23-13-4-6-26(7-5-13)10-18-24-15-9-17(30-3)16(29-2)8-14(15)20(27)25-18/h8-9,11,13H,4-7,10H2,1-3H3,(H,23,28)(H,24,25,27). The summed E-state index contributed by atoms with van der Waals surface area (Å²) in [5, 5.41) is 3.57. The van der Waals surface area contributed by atoms with Crippen LogP contribution in [0, 0.1) is 6.92 Å². The first kappa shape index (κ1) is 21.3. The molecule has 2 aromatic heterocycles. The largest absolute Gasteiger partial charge is 0.493 e. The van der Waals surface area contributed by atoms with Crippen molar-refractivity contribution in [1.82, 2.24) is 25.2 Å². The van der Waals surface area contributed by atoms with Crippen LogP contribution in [0.1, 0.15) is 34.0 Å². The molecule has 0 saturated carbocycles. The van der Waals surface area contributed by atoms with Crippen LogP contribution in [0.4, 0.5) is 0 Å². The van der Waals surface area contributed by atoms with Crippen LogP contribution in [0.2, 0.25) is 0 Å². The Morgan fingerprint density at radius 1 is 1.26 bits per heavy atom. The molecular formula is C21H25N5O4S. The molecule has 0 aliphatic carbocycles. The van der Waals surface area contributed by atoms with Gasteiger partial charge in [0.2, 0.25) is 0 Å². The van der Waals surface area contributed by atoms with Crippen LogP contribution in [0.25, 0.3) is 10.9 Å². The third-order valence-corrected chi connectivity index (χ3v) is 6.43. The molecule has 31 heavy (non-hydrogen) atoms. The number of fused-ring (bicyclic) bond motifs is 1. The lowest BCUT2D eigenvalue weighted by Crippen LogP contribution is -2.44. The SMILES string of the molecule is COc1cc2nc(CN3CCC(NC(=O)c4scnc4C)CC3)[nH]c(=O)c2cc1OC. The molecule has 0 spiro atoms. The molecule has 164 valence electrons. The number of amides is 1. The van der Waals surface area contributed by atoms with Crippen LogP contribution in [0.3, 0.4) is 0 Å². The number of benzene rings is 1. The van der Waals surface area contributed by atoms with Gasteiger partial charge >= 0.3 is 0 Å². The van der Waals surface area contributed by atoms with Gasteiger partial charge in [-0.15, -0.1) is 11.3 Å². The molecule has 1 aliphatic rings. The van der Waals surface area contributed by atoms with E-state index in [4.69, 9.17) is 9.47 Å². The molecule has 0 atom stereocenters. The van der Waals surface area contributed by atoms with E-state index in [-0.39, 0.29) is 17.5 Å². The van der Waals surface area contributed by atoms with E-state index in [2.05, 4.69) is 25.2 Å². The van der Waals surface area contributed by atoms with Crippen LogP contribution in [0.15, 0.2) is 22.4 Å². The number of carbonyl (C=O) groups is 1. The number of aromatic nitrogens is 3. The molecule has 1 fully saturated rings. The van der Waals surface area contributed by atoms with Gasteiger partial charge in [0, 0.05) is 25.2 Å². The highest BCUT2D eigenvalue weighted by Crippen LogP contribution is 2.30. The summed E-state index contributed by atoms with van der Waals surface area (Å²) in [6, 6.07) is 3.49. The van der Waals surface area contributed by atoms with Crippen molar-refractivity contribution >= 4 is 28.1 Å².